The van der Waals surface area contributed by atoms with Crippen LogP contribution in [0.15, 0.2) is 24.3 Å². The van der Waals surface area contributed by atoms with E-state index in [9.17, 15) is 4.79 Å². The molecule has 0 N–H and O–H groups in total. The minimum atomic E-state index is -0.0633. The molecule has 1 fully saturated rings. The van der Waals surface area contributed by atoms with E-state index in [0.717, 1.165) is 39.1 Å². The van der Waals surface area contributed by atoms with Crippen molar-refractivity contribution in [3.63, 3.8) is 0 Å². The van der Waals surface area contributed by atoms with Gasteiger partial charge in [0, 0.05) is 20.1 Å². The maximum Gasteiger partial charge on any atom is 0.239 e. The molecule has 4 heteroatoms. The van der Waals surface area contributed by atoms with Crippen LogP contribution in [0.1, 0.15) is 30.5 Å². The highest BCUT2D eigenvalue weighted by Gasteiger charge is 2.32. The van der Waals surface area contributed by atoms with E-state index >= 15 is 0 Å². The number of aryl methyl sites for hydroxylation is 1. The number of morpholine rings is 1. The molecule has 0 saturated carbocycles. The largest absolute Gasteiger partial charge is 0.379 e. The van der Waals surface area contributed by atoms with Crippen molar-refractivity contribution in [3.05, 3.63) is 35.4 Å². The minimum absolute atomic E-state index is 0.0633. The molecular formula is C17H24N2O2. The van der Waals surface area contributed by atoms with Gasteiger partial charge in [-0.1, -0.05) is 24.3 Å². The van der Waals surface area contributed by atoms with Crippen molar-refractivity contribution < 1.29 is 9.53 Å². The van der Waals surface area contributed by atoms with Crippen molar-refractivity contribution >= 4 is 5.91 Å². The SMILES string of the molecule is CC(C(=O)N(C)C1CCc2ccccc21)N1CCOCC1. The number of likely N-dealkylation sites (N-methyl/N-ethyl adjacent to an activating group) is 1. The number of carbonyl (C=O) groups is 1. The summed E-state index contributed by atoms with van der Waals surface area (Å²) in [5.74, 6) is 0.221. The summed E-state index contributed by atoms with van der Waals surface area (Å²) in [5.41, 5.74) is 2.71. The van der Waals surface area contributed by atoms with E-state index in [1.165, 1.54) is 11.1 Å². The first-order valence-corrected chi connectivity index (χ1v) is 7.85. The van der Waals surface area contributed by atoms with Gasteiger partial charge in [-0.05, 0) is 30.9 Å². The van der Waals surface area contributed by atoms with Gasteiger partial charge in [0.25, 0.3) is 0 Å². The van der Waals surface area contributed by atoms with E-state index < -0.39 is 0 Å². The Morgan fingerprint density at radius 2 is 2.05 bits per heavy atom. The number of rotatable bonds is 3. The molecule has 1 aliphatic heterocycles. The minimum Gasteiger partial charge on any atom is -0.379 e. The standard InChI is InChI=1S/C17H24N2O2/c1-13(19-9-11-21-12-10-19)17(20)18(2)16-8-7-14-5-3-4-6-15(14)16/h3-6,13,16H,7-12H2,1-2H3. The Balaban J connectivity index is 1.70. The van der Waals surface area contributed by atoms with Crippen LogP contribution in [0.3, 0.4) is 0 Å². The molecule has 1 aliphatic carbocycles. The number of benzene rings is 1. The molecule has 0 spiro atoms. The van der Waals surface area contributed by atoms with Crippen LogP contribution >= 0.6 is 0 Å². The molecule has 1 aromatic carbocycles. The fourth-order valence-corrected chi connectivity index (χ4v) is 3.51. The number of fused-ring (bicyclic) bond motifs is 1. The third-order valence-corrected chi connectivity index (χ3v) is 4.87. The lowest BCUT2D eigenvalue weighted by molar-refractivity contribution is -0.139. The molecule has 3 rings (SSSR count). The lowest BCUT2D eigenvalue weighted by Crippen LogP contribution is -2.50. The predicted octanol–water partition coefficient (Wildman–Crippen LogP) is 1.85. The highest BCUT2D eigenvalue weighted by Crippen LogP contribution is 2.35. The van der Waals surface area contributed by atoms with Crippen LogP contribution in [-0.4, -0.2) is 55.1 Å². The van der Waals surface area contributed by atoms with E-state index in [4.69, 9.17) is 4.74 Å². The van der Waals surface area contributed by atoms with Crippen LogP contribution in [0.4, 0.5) is 0 Å². The van der Waals surface area contributed by atoms with Gasteiger partial charge in [0.15, 0.2) is 0 Å². The molecule has 1 heterocycles. The van der Waals surface area contributed by atoms with Crippen molar-refractivity contribution in [1.29, 1.82) is 0 Å². The molecule has 1 saturated heterocycles. The zero-order chi connectivity index (χ0) is 14.8. The average molecular weight is 288 g/mol. The molecule has 114 valence electrons. The van der Waals surface area contributed by atoms with Crippen LogP contribution in [0, 0.1) is 0 Å². The van der Waals surface area contributed by atoms with Crippen molar-refractivity contribution in [2.75, 3.05) is 33.4 Å². The van der Waals surface area contributed by atoms with Gasteiger partial charge in [0.1, 0.15) is 0 Å². The fourth-order valence-electron chi connectivity index (χ4n) is 3.51. The van der Waals surface area contributed by atoms with Gasteiger partial charge in [-0.15, -0.1) is 0 Å². The van der Waals surface area contributed by atoms with Gasteiger partial charge >= 0.3 is 0 Å². The molecule has 1 aromatic rings. The number of hydrogen-bond donors (Lipinski definition) is 0. The molecule has 1 amide bonds. The smallest absolute Gasteiger partial charge is 0.239 e. The molecule has 2 unspecified atom stereocenters. The molecule has 0 radical (unpaired) electrons. The van der Waals surface area contributed by atoms with Crippen molar-refractivity contribution in [3.8, 4) is 0 Å². The highest BCUT2D eigenvalue weighted by atomic mass is 16.5. The second-order valence-corrected chi connectivity index (χ2v) is 6.03. The monoisotopic (exact) mass is 288 g/mol. The third-order valence-electron chi connectivity index (χ3n) is 4.87. The molecule has 2 atom stereocenters. The Hall–Kier alpha value is -1.39. The summed E-state index contributed by atoms with van der Waals surface area (Å²) in [6, 6.07) is 8.67. The Labute approximate surface area is 126 Å². The Morgan fingerprint density at radius 1 is 1.33 bits per heavy atom. The fraction of sp³-hybridized carbons (Fsp3) is 0.588. The van der Waals surface area contributed by atoms with Crippen LogP contribution < -0.4 is 0 Å². The summed E-state index contributed by atoms with van der Waals surface area (Å²) in [5, 5.41) is 0. The summed E-state index contributed by atoms with van der Waals surface area (Å²) in [6.45, 7) is 5.18. The lowest BCUT2D eigenvalue weighted by atomic mass is 10.1. The van der Waals surface area contributed by atoms with Crippen LogP contribution in [0.5, 0.6) is 0 Å². The molecule has 2 aliphatic rings. The first-order chi connectivity index (χ1) is 10.2. The Morgan fingerprint density at radius 3 is 2.81 bits per heavy atom. The number of hydrogen-bond acceptors (Lipinski definition) is 3. The highest BCUT2D eigenvalue weighted by molar-refractivity contribution is 5.81. The van der Waals surface area contributed by atoms with E-state index in [2.05, 4.69) is 29.2 Å². The summed E-state index contributed by atoms with van der Waals surface area (Å²) >= 11 is 0. The van der Waals surface area contributed by atoms with E-state index in [-0.39, 0.29) is 18.0 Å². The van der Waals surface area contributed by atoms with Crippen molar-refractivity contribution in [2.24, 2.45) is 0 Å². The van der Waals surface area contributed by atoms with Gasteiger partial charge in [0.2, 0.25) is 5.91 Å². The summed E-state index contributed by atoms with van der Waals surface area (Å²) in [4.78, 5) is 17.0. The molecule has 21 heavy (non-hydrogen) atoms. The van der Waals surface area contributed by atoms with Crippen LogP contribution in [0.2, 0.25) is 0 Å². The summed E-state index contributed by atoms with van der Waals surface area (Å²) < 4.78 is 5.37. The zero-order valence-electron chi connectivity index (χ0n) is 12.9. The molecule has 0 bridgehead atoms. The summed E-state index contributed by atoms with van der Waals surface area (Å²) in [7, 11) is 1.95. The van der Waals surface area contributed by atoms with Crippen LogP contribution in [-0.2, 0) is 16.0 Å². The van der Waals surface area contributed by atoms with Gasteiger partial charge in [-0.2, -0.15) is 0 Å². The summed E-state index contributed by atoms with van der Waals surface area (Å²) in [6.07, 6.45) is 2.11. The zero-order valence-corrected chi connectivity index (χ0v) is 12.9. The van der Waals surface area contributed by atoms with Gasteiger partial charge in [-0.25, -0.2) is 0 Å². The predicted molar refractivity (Wildman–Crippen MR) is 82.1 cm³/mol. The maximum atomic E-state index is 12.8. The van der Waals surface area contributed by atoms with Crippen LogP contribution in [0.25, 0.3) is 0 Å². The third kappa shape index (κ3) is 2.83. The van der Waals surface area contributed by atoms with E-state index in [1.54, 1.807) is 0 Å². The quantitative estimate of drug-likeness (QED) is 0.851. The van der Waals surface area contributed by atoms with Crippen molar-refractivity contribution in [2.45, 2.75) is 31.8 Å². The van der Waals surface area contributed by atoms with E-state index in [1.807, 2.05) is 18.9 Å². The first kappa shape index (κ1) is 14.5. The second-order valence-electron chi connectivity index (χ2n) is 6.03. The average Bonchev–Trinajstić information content (AvgIpc) is 2.97. The maximum absolute atomic E-state index is 12.8. The topological polar surface area (TPSA) is 32.8 Å². The molecule has 4 nitrogen and oxygen atoms in total. The first-order valence-electron chi connectivity index (χ1n) is 7.85. The normalized spacial score (nSPS) is 23.6. The van der Waals surface area contributed by atoms with Gasteiger partial charge in [-0.3, -0.25) is 9.69 Å². The van der Waals surface area contributed by atoms with Gasteiger partial charge in [0.05, 0.1) is 25.3 Å². The van der Waals surface area contributed by atoms with Gasteiger partial charge < -0.3 is 9.64 Å². The molecular weight excluding hydrogens is 264 g/mol. The second kappa shape index (κ2) is 6.16. The lowest BCUT2D eigenvalue weighted by Gasteiger charge is -2.35. The number of carbonyl (C=O) groups excluding carboxylic acids is 1. The Kier molecular flexibility index (Phi) is 4.27. The number of amides is 1. The van der Waals surface area contributed by atoms with Crippen molar-refractivity contribution in [1.82, 2.24) is 9.80 Å². The molecule has 0 aromatic heterocycles. The Bertz CT molecular complexity index is 511. The number of ether oxygens (including phenoxy) is 1. The number of nitrogens with zero attached hydrogens (tertiary/aromatic N) is 2. The van der Waals surface area contributed by atoms with E-state index in [0.29, 0.717) is 0 Å².